The Balaban J connectivity index is 0. The van der Waals surface area contributed by atoms with Gasteiger partial charge in [-0.2, -0.15) is 0 Å². The number of quaternary nitrogens is 1. The van der Waals surface area contributed by atoms with Crippen molar-refractivity contribution in [3.63, 3.8) is 0 Å². The van der Waals surface area contributed by atoms with Crippen LogP contribution in [0, 0.1) is 5.92 Å². The summed E-state index contributed by atoms with van der Waals surface area (Å²) in [7, 11) is 4.33. The molecule has 0 aromatic carbocycles. The summed E-state index contributed by atoms with van der Waals surface area (Å²) < 4.78 is 0.939. The topological polar surface area (TPSA) is 20.2 Å². The van der Waals surface area contributed by atoms with Crippen molar-refractivity contribution in [2.45, 2.75) is 20.3 Å². The van der Waals surface area contributed by atoms with E-state index in [9.17, 15) is 0 Å². The Kier molecular flexibility index (Phi) is 8.95. The number of halogens is 1. The zero-order valence-corrected chi connectivity index (χ0v) is 10.8. The molecule has 0 aliphatic heterocycles. The third-order valence-corrected chi connectivity index (χ3v) is 2.02. The van der Waals surface area contributed by atoms with Crippen LogP contribution < -0.4 is 24.0 Å². The predicted molar refractivity (Wildman–Crippen MR) is 48.4 cm³/mol. The Hall–Kier alpha value is 0.650. The summed E-state index contributed by atoms with van der Waals surface area (Å²) in [5, 5.41) is 8.75. The highest BCUT2D eigenvalue weighted by Crippen LogP contribution is 2.05. The summed E-state index contributed by atoms with van der Waals surface area (Å²) in [6, 6.07) is 0. The van der Waals surface area contributed by atoms with Gasteiger partial charge in [-0.05, 0) is 12.3 Å². The molecular weight excluding hydrogens is 265 g/mol. The van der Waals surface area contributed by atoms with E-state index in [2.05, 4.69) is 27.9 Å². The summed E-state index contributed by atoms with van der Waals surface area (Å²) in [6.07, 6.45) is 1.24. The van der Waals surface area contributed by atoms with Crippen molar-refractivity contribution in [1.82, 2.24) is 0 Å². The molecule has 3 heteroatoms. The molecule has 0 aliphatic carbocycles. The number of aliphatic hydroxyl groups is 1. The van der Waals surface area contributed by atoms with Crippen LogP contribution in [0.3, 0.4) is 0 Å². The maximum atomic E-state index is 8.75. The van der Waals surface area contributed by atoms with Gasteiger partial charge in [0.2, 0.25) is 0 Å². The van der Waals surface area contributed by atoms with Crippen LogP contribution >= 0.6 is 0 Å². The Bertz CT molecular complexity index is 105. The number of aliphatic hydroxyl groups excluding tert-OH is 1. The summed E-state index contributed by atoms with van der Waals surface area (Å²) >= 11 is 0. The molecular formula is C9H22INO. The molecule has 0 radical (unpaired) electrons. The lowest BCUT2D eigenvalue weighted by Gasteiger charge is -2.29. The molecule has 0 fully saturated rings. The van der Waals surface area contributed by atoms with Crippen LogP contribution in [0.15, 0.2) is 0 Å². The quantitative estimate of drug-likeness (QED) is 0.463. The van der Waals surface area contributed by atoms with Gasteiger partial charge in [0.25, 0.3) is 0 Å². The van der Waals surface area contributed by atoms with Gasteiger partial charge in [-0.3, -0.25) is 0 Å². The molecule has 2 nitrogen and oxygen atoms in total. The fraction of sp³-hybridized carbons (Fsp3) is 1.00. The van der Waals surface area contributed by atoms with Crippen molar-refractivity contribution >= 4 is 0 Å². The lowest BCUT2D eigenvalue weighted by atomic mass is 10.1. The summed E-state index contributed by atoms with van der Waals surface area (Å²) in [6.45, 7) is 6.80. The van der Waals surface area contributed by atoms with E-state index in [0.717, 1.165) is 23.5 Å². The SMILES string of the molecule is CC(C)CC[N+](C)(C)CCO.[I-]. The fourth-order valence-electron chi connectivity index (χ4n) is 0.990. The molecule has 76 valence electrons. The van der Waals surface area contributed by atoms with Crippen LogP contribution in [0.5, 0.6) is 0 Å². The van der Waals surface area contributed by atoms with Crippen molar-refractivity contribution in [3.05, 3.63) is 0 Å². The maximum Gasteiger partial charge on any atom is 0.102 e. The first-order valence-corrected chi connectivity index (χ1v) is 4.41. The second-order valence-electron chi connectivity index (χ2n) is 4.29. The van der Waals surface area contributed by atoms with Crippen molar-refractivity contribution in [2.75, 3.05) is 33.8 Å². The van der Waals surface area contributed by atoms with E-state index in [0.29, 0.717) is 6.61 Å². The summed E-state index contributed by atoms with van der Waals surface area (Å²) in [5.41, 5.74) is 0. The second-order valence-corrected chi connectivity index (χ2v) is 4.29. The fourth-order valence-corrected chi connectivity index (χ4v) is 0.990. The highest BCUT2D eigenvalue weighted by molar-refractivity contribution is 4.43. The average molecular weight is 287 g/mol. The Morgan fingerprint density at radius 3 is 2.00 bits per heavy atom. The first kappa shape index (κ1) is 15.1. The number of rotatable bonds is 5. The lowest BCUT2D eigenvalue weighted by Crippen LogP contribution is -3.00. The van der Waals surface area contributed by atoms with Crippen molar-refractivity contribution in [1.29, 1.82) is 0 Å². The molecule has 0 aliphatic rings. The van der Waals surface area contributed by atoms with E-state index in [-0.39, 0.29) is 24.0 Å². The van der Waals surface area contributed by atoms with E-state index in [4.69, 9.17) is 5.11 Å². The van der Waals surface area contributed by atoms with E-state index >= 15 is 0 Å². The van der Waals surface area contributed by atoms with E-state index in [1.165, 1.54) is 6.42 Å². The van der Waals surface area contributed by atoms with E-state index < -0.39 is 0 Å². The molecule has 0 aromatic rings. The molecule has 1 N–H and O–H groups in total. The average Bonchev–Trinajstić information content (AvgIpc) is 1.84. The number of likely N-dealkylation sites (N-methyl/N-ethyl adjacent to an activating group) is 1. The van der Waals surface area contributed by atoms with Gasteiger partial charge in [0.15, 0.2) is 0 Å². The molecule has 0 atom stereocenters. The van der Waals surface area contributed by atoms with Gasteiger partial charge in [0, 0.05) is 0 Å². The highest BCUT2D eigenvalue weighted by Gasteiger charge is 2.13. The van der Waals surface area contributed by atoms with Gasteiger partial charge in [-0.15, -0.1) is 0 Å². The van der Waals surface area contributed by atoms with Crippen molar-refractivity contribution in [3.8, 4) is 0 Å². The minimum atomic E-state index is 0. The lowest BCUT2D eigenvalue weighted by molar-refractivity contribution is -0.891. The predicted octanol–water partition coefficient (Wildman–Crippen LogP) is -1.89. The summed E-state index contributed by atoms with van der Waals surface area (Å²) in [4.78, 5) is 0. The van der Waals surface area contributed by atoms with Gasteiger partial charge >= 0.3 is 0 Å². The zero-order chi connectivity index (χ0) is 8.91. The van der Waals surface area contributed by atoms with E-state index in [1.807, 2.05) is 0 Å². The highest BCUT2D eigenvalue weighted by atomic mass is 127. The first-order valence-electron chi connectivity index (χ1n) is 4.41. The van der Waals surface area contributed by atoms with Gasteiger partial charge in [0.1, 0.15) is 6.54 Å². The molecule has 0 unspecified atom stereocenters. The smallest absolute Gasteiger partial charge is 0.102 e. The minimum Gasteiger partial charge on any atom is -1.00 e. The standard InChI is InChI=1S/C9H22NO.HI/c1-9(2)5-6-10(3,4)7-8-11;/h9,11H,5-8H2,1-4H3;1H/q+1;/p-1. The van der Waals surface area contributed by atoms with Crippen LogP contribution in [0.1, 0.15) is 20.3 Å². The second kappa shape index (κ2) is 7.09. The monoisotopic (exact) mass is 287 g/mol. The largest absolute Gasteiger partial charge is 1.00 e. The maximum absolute atomic E-state index is 8.75. The van der Waals surface area contributed by atoms with Gasteiger partial charge in [0.05, 0.1) is 27.2 Å². The zero-order valence-electron chi connectivity index (χ0n) is 8.68. The molecule has 0 spiro atoms. The van der Waals surface area contributed by atoms with Crippen molar-refractivity contribution < 1.29 is 33.6 Å². The molecule has 0 amide bonds. The first-order chi connectivity index (χ1) is 4.98. The Morgan fingerprint density at radius 2 is 1.67 bits per heavy atom. The summed E-state index contributed by atoms with van der Waals surface area (Å²) in [5.74, 6) is 0.770. The number of hydrogen-bond acceptors (Lipinski definition) is 1. The normalized spacial score (nSPS) is 11.5. The number of nitrogens with zero attached hydrogens (tertiary/aromatic N) is 1. The molecule has 0 saturated heterocycles. The van der Waals surface area contributed by atoms with Crippen LogP contribution in [0.25, 0.3) is 0 Å². The Labute approximate surface area is 93.6 Å². The van der Waals surface area contributed by atoms with Crippen LogP contribution in [0.2, 0.25) is 0 Å². The van der Waals surface area contributed by atoms with Crippen LogP contribution in [-0.4, -0.2) is 43.4 Å². The third-order valence-electron chi connectivity index (χ3n) is 2.02. The minimum absolute atomic E-state index is 0. The van der Waals surface area contributed by atoms with E-state index in [1.54, 1.807) is 0 Å². The van der Waals surface area contributed by atoms with Gasteiger partial charge in [-0.25, -0.2) is 0 Å². The molecule has 0 bridgehead atoms. The van der Waals surface area contributed by atoms with Crippen molar-refractivity contribution in [2.24, 2.45) is 5.92 Å². The van der Waals surface area contributed by atoms with Crippen LogP contribution in [0.4, 0.5) is 0 Å². The molecule has 0 heterocycles. The molecule has 12 heavy (non-hydrogen) atoms. The molecule has 0 saturated carbocycles. The molecule has 0 aromatic heterocycles. The Morgan fingerprint density at radius 1 is 1.17 bits per heavy atom. The third kappa shape index (κ3) is 8.74. The van der Waals surface area contributed by atoms with Gasteiger partial charge < -0.3 is 33.6 Å². The number of hydrogen-bond donors (Lipinski definition) is 1. The molecule has 0 rings (SSSR count). The van der Waals surface area contributed by atoms with Gasteiger partial charge in [-0.1, -0.05) is 13.8 Å². The van der Waals surface area contributed by atoms with Crippen LogP contribution in [-0.2, 0) is 0 Å².